The molecule has 188 valence electrons. The summed E-state index contributed by atoms with van der Waals surface area (Å²) in [4.78, 5) is 26.9. The molecule has 5 rings (SSSR count). The molecule has 2 aliphatic rings. The standard InChI is InChI=1S/C31H30N2O4/c1-20-28(31(35)33-24-11-6-7-14-27(24)36-2)29(30-25(32-20)12-8-13-26(30)34)22-15-17-23(18-16-22)37-19-21-9-4-3-5-10-21/h3-7,9-11,14-18,29,32H,8,12-13,19H2,1-2H3,(H,33,35). The molecule has 6 heteroatoms. The minimum atomic E-state index is -0.470. The van der Waals surface area contributed by atoms with E-state index in [0.29, 0.717) is 35.6 Å². The highest BCUT2D eigenvalue weighted by atomic mass is 16.5. The number of Topliss-reactive ketones (excluding diaryl/α,β-unsaturated/α-hetero) is 1. The number of methoxy groups -OCH3 is 1. The van der Waals surface area contributed by atoms with Crippen molar-refractivity contribution in [3.63, 3.8) is 0 Å². The molecule has 1 unspecified atom stereocenters. The van der Waals surface area contributed by atoms with Crippen LogP contribution in [0.3, 0.4) is 0 Å². The van der Waals surface area contributed by atoms with Gasteiger partial charge in [0.05, 0.1) is 12.8 Å². The molecule has 1 heterocycles. The molecule has 0 saturated heterocycles. The second-order valence-corrected chi connectivity index (χ2v) is 9.26. The van der Waals surface area contributed by atoms with Crippen molar-refractivity contribution in [2.75, 3.05) is 12.4 Å². The Balaban J connectivity index is 1.46. The summed E-state index contributed by atoms with van der Waals surface area (Å²) in [5.74, 6) is 0.642. The molecule has 3 aromatic rings. The zero-order valence-electron chi connectivity index (χ0n) is 21.0. The first kappa shape index (κ1) is 24.4. The number of carbonyl (C=O) groups is 2. The SMILES string of the molecule is COc1ccccc1NC(=O)C1=C(C)NC2=C(C(=O)CCC2)C1c1ccc(OCc2ccccc2)cc1. The van der Waals surface area contributed by atoms with Gasteiger partial charge in [-0.25, -0.2) is 0 Å². The summed E-state index contributed by atoms with van der Waals surface area (Å²) < 4.78 is 11.4. The predicted octanol–water partition coefficient (Wildman–Crippen LogP) is 5.88. The van der Waals surface area contributed by atoms with Crippen molar-refractivity contribution in [1.29, 1.82) is 0 Å². The molecular weight excluding hydrogens is 464 g/mol. The van der Waals surface area contributed by atoms with Crippen LogP contribution in [0.15, 0.2) is 101 Å². The first-order valence-corrected chi connectivity index (χ1v) is 12.5. The molecule has 0 fully saturated rings. The molecule has 1 aliphatic heterocycles. The van der Waals surface area contributed by atoms with E-state index in [9.17, 15) is 9.59 Å². The summed E-state index contributed by atoms with van der Waals surface area (Å²) >= 11 is 0. The van der Waals surface area contributed by atoms with Crippen molar-refractivity contribution >= 4 is 17.4 Å². The zero-order valence-corrected chi connectivity index (χ0v) is 21.0. The Labute approximate surface area is 217 Å². The van der Waals surface area contributed by atoms with Crippen LogP contribution in [0.2, 0.25) is 0 Å². The third-order valence-electron chi connectivity index (χ3n) is 6.84. The highest BCUT2D eigenvalue weighted by molar-refractivity contribution is 6.10. The van der Waals surface area contributed by atoms with Gasteiger partial charge in [0, 0.05) is 34.9 Å². The van der Waals surface area contributed by atoms with E-state index in [2.05, 4.69) is 10.6 Å². The monoisotopic (exact) mass is 494 g/mol. The van der Waals surface area contributed by atoms with Gasteiger partial charge in [-0.05, 0) is 55.2 Å². The highest BCUT2D eigenvalue weighted by Crippen LogP contribution is 2.43. The molecule has 37 heavy (non-hydrogen) atoms. The molecule has 0 aromatic heterocycles. The van der Waals surface area contributed by atoms with Gasteiger partial charge in [0.15, 0.2) is 5.78 Å². The quantitative estimate of drug-likeness (QED) is 0.429. The van der Waals surface area contributed by atoms with Gasteiger partial charge >= 0.3 is 0 Å². The molecule has 0 bridgehead atoms. The van der Waals surface area contributed by atoms with Crippen molar-refractivity contribution in [3.05, 3.63) is 113 Å². The van der Waals surface area contributed by atoms with Crippen molar-refractivity contribution < 1.29 is 19.1 Å². The van der Waals surface area contributed by atoms with E-state index >= 15 is 0 Å². The van der Waals surface area contributed by atoms with Gasteiger partial charge in [0.25, 0.3) is 5.91 Å². The number of rotatable bonds is 7. The number of carbonyl (C=O) groups excluding carboxylic acids is 2. The van der Waals surface area contributed by atoms with Gasteiger partial charge in [-0.2, -0.15) is 0 Å². The lowest BCUT2D eigenvalue weighted by Crippen LogP contribution is -2.35. The number of hydrogen-bond acceptors (Lipinski definition) is 5. The molecular formula is C31H30N2O4. The fraction of sp³-hybridized carbons (Fsp3) is 0.226. The molecule has 0 spiro atoms. The maximum Gasteiger partial charge on any atom is 0.254 e. The van der Waals surface area contributed by atoms with Crippen LogP contribution in [0.4, 0.5) is 5.69 Å². The number of hydrogen-bond donors (Lipinski definition) is 2. The summed E-state index contributed by atoms with van der Waals surface area (Å²) in [6.45, 7) is 2.36. The first-order chi connectivity index (χ1) is 18.0. The molecule has 1 atom stereocenters. The van der Waals surface area contributed by atoms with Crippen LogP contribution >= 0.6 is 0 Å². The van der Waals surface area contributed by atoms with Gasteiger partial charge in [-0.3, -0.25) is 9.59 Å². The van der Waals surface area contributed by atoms with Crippen molar-refractivity contribution in [2.45, 2.75) is 38.7 Å². The van der Waals surface area contributed by atoms with E-state index in [1.165, 1.54) is 0 Å². The average molecular weight is 495 g/mol. The Morgan fingerprint density at radius 2 is 1.70 bits per heavy atom. The molecule has 0 saturated carbocycles. The smallest absolute Gasteiger partial charge is 0.254 e. The van der Waals surface area contributed by atoms with Crippen LogP contribution in [0, 0.1) is 0 Å². The third-order valence-corrected chi connectivity index (χ3v) is 6.84. The summed E-state index contributed by atoms with van der Waals surface area (Å²) in [5.41, 5.74) is 5.40. The Bertz CT molecular complexity index is 1370. The highest BCUT2D eigenvalue weighted by Gasteiger charge is 2.38. The Morgan fingerprint density at radius 3 is 2.46 bits per heavy atom. The fourth-order valence-electron chi connectivity index (χ4n) is 5.05. The van der Waals surface area contributed by atoms with Crippen molar-refractivity contribution in [1.82, 2.24) is 5.32 Å². The minimum Gasteiger partial charge on any atom is -0.495 e. The molecule has 3 aromatic carbocycles. The van der Waals surface area contributed by atoms with Crippen LogP contribution in [0.25, 0.3) is 0 Å². The van der Waals surface area contributed by atoms with E-state index in [4.69, 9.17) is 9.47 Å². The van der Waals surface area contributed by atoms with Crippen molar-refractivity contribution in [3.8, 4) is 11.5 Å². The molecule has 0 radical (unpaired) electrons. The normalized spacial score (nSPS) is 17.1. The van der Waals surface area contributed by atoms with Crippen molar-refractivity contribution in [2.24, 2.45) is 0 Å². The average Bonchev–Trinajstić information content (AvgIpc) is 2.92. The lowest BCUT2D eigenvalue weighted by molar-refractivity contribution is -0.116. The van der Waals surface area contributed by atoms with Gasteiger partial charge in [-0.1, -0.05) is 54.6 Å². The Kier molecular flexibility index (Phi) is 7.08. The number of ether oxygens (including phenoxy) is 2. The van der Waals surface area contributed by atoms with Crippen LogP contribution < -0.4 is 20.1 Å². The number of para-hydroxylation sites is 2. The molecule has 1 aliphatic carbocycles. The van der Waals surface area contributed by atoms with Crippen LogP contribution in [-0.4, -0.2) is 18.8 Å². The van der Waals surface area contributed by atoms with E-state index in [-0.39, 0.29) is 11.7 Å². The first-order valence-electron chi connectivity index (χ1n) is 12.5. The predicted molar refractivity (Wildman–Crippen MR) is 143 cm³/mol. The van der Waals surface area contributed by atoms with Crippen LogP contribution in [0.5, 0.6) is 11.5 Å². The second-order valence-electron chi connectivity index (χ2n) is 9.26. The number of amides is 1. The third kappa shape index (κ3) is 5.14. The number of allylic oxidation sites excluding steroid dienone is 3. The zero-order chi connectivity index (χ0) is 25.8. The molecule has 6 nitrogen and oxygen atoms in total. The number of dihydropyridines is 1. The molecule has 1 amide bonds. The number of anilines is 1. The number of nitrogens with one attached hydrogen (secondary N) is 2. The Morgan fingerprint density at radius 1 is 0.973 bits per heavy atom. The van der Waals surface area contributed by atoms with Crippen LogP contribution in [-0.2, 0) is 16.2 Å². The summed E-state index contributed by atoms with van der Waals surface area (Å²) in [7, 11) is 1.57. The van der Waals surface area contributed by atoms with Crippen LogP contribution in [0.1, 0.15) is 43.2 Å². The fourth-order valence-corrected chi connectivity index (χ4v) is 5.05. The van der Waals surface area contributed by atoms with E-state index in [1.807, 2.05) is 73.7 Å². The topological polar surface area (TPSA) is 76.7 Å². The lowest BCUT2D eigenvalue weighted by atomic mass is 9.75. The minimum absolute atomic E-state index is 0.0817. The second kappa shape index (κ2) is 10.7. The van der Waals surface area contributed by atoms with Gasteiger partial charge in [0.1, 0.15) is 18.1 Å². The van der Waals surface area contributed by atoms with Gasteiger partial charge in [-0.15, -0.1) is 0 Å². The summed E-state index contributed by atoms with van der Waals surface area (Å²) in [6, 6.07) is 25.0. The number of ketones is 1. The number of benzene rings is 3. The van der Waals surface area contributed by atoms with E-state index in [0.717, 1.165) is 41.1 Å². The lowest BCUT2D eigenvalue weighted by Gasteiger charge is -2.34. The van der Waals surface area contributed by atoms with Gasteiger partial charge in [0.2, 0.25) is 0 Å². The summed E-state index contributed by atoms with van der Waals surface area (Å²) in [5, 5.41) is 6.37. The maximum atomic E-state index is 13.7. The van der Waals surface area contributed by atoms with Gasteiger partial charge < -0.3 is 20.1 Å². The summed E-state index contributed by atoms with van der Waals surface area (Å²) in [6.07, 6.45) is 2.07. The molecule has 2 N–H and O–H groups in total. The van der Waals surface area contributed by atoms with E-state index in [1.54, 1.807) is 19.2 Å². The maximum absolute atomic E-state index is 13.7. The largest absolute Gasteiger partial charge is 0.495 e. The Hall–Kier alpha value is -4.32. The van der Waals surface area contributed by atoms with E-state index < -0.39 is 5.92 Å².